The third kappa shape index (κ3) is 3.40. The maximum Gasteiger partial charge on any atom is 0.126 e. The summed E-state index contributed by atoms with van der Waals surface area (Å²) in [6.45, 7) is 0. The molecule has 1 N–H and O–H groups in total. The Morgan fingerprint density at radius 1 is 1.22 bits per heavy atom. The minimum absolute atomic E-state index is 0.101. The lowest BCUT2D eigenvalue weighted by atomic mass is 10.0. The fourth-order valence-electron chi connectivity index (χ4n) is 1.82. The molecule has 0 saturated carbocycles. The SMILES string of the molecule is OC(CCc1ccco1)Cc1cc(F)ccc1F. The first-order valence-corrected chi connectivity index (χ1v) is 5.79. The molecule has 0 fully saturated rings. The molecule has 1 atom stereocenters. The van der Waals surface area contributed by atoms with Crippen molar-refractivity contribution in [1.82, 2.24) is 0 Å². The van der Waals surface area contributed by atoms with Gasteiger partial charge in [-0.3, -0.25) is 0 Å². The van der Waals surface area contributed by atoms with E-state index in [9.17, 15) is 13.9 Å². The summed E-state index contributed by atoms with van der Waals surface area (Å²) in [6, 6.07) is 6.84. The topological polar surface area (TPSA) is 33.4 Å². The highest BCUT2D eigenvalue weighted by molar-refractivity contribution is 5.19. The largest absolute Gasteiger partial charge is 0.469 e. The van der Waals surface area contributed by atoms with E-state index < -0.39 is 17.7 Å². The zero-order valence-corrected chi connectivity index (χ0v) is 9.77. The van der Waals surface area contributed by atoms with Crippen LogP contribution < -0.4 is 0 Å². The van der Waals surface area contributed by atoms with Crippen molar-refractivity contribution in [3.05, 3.63) is 59.6 Å². The van der Waals surface area contributed by atoms with Crippen LogP contribution in [0.1, 0.15) is 17.7 Å². The Hall–Kier alpha value is -1.68. The van der Waals surface area contributed by atoms with Gasteiger partial charge < -0.3 is 9.52 Å². The van der Waals surface area contributed by atoms with Gasteiger partial charge in [-0.25, -0.2) is 8.78 Å². The second-order valence-electron chi connectivity index (χ2n) is 4.21. The van der Waals surface area contributed by atoms with Gasteiger partial charge in [0.15, 0.2) is 0 Å². The number of benzene rings is 1. The third-order valence-corrected chi connectivity index (χ3v) is 2.77. The fourth-order valence-corrected chi connectivity index (χ4v) is 1.82. The molecule has 1 unspecified atom stereocenters. The molecular weight excluding hydrogens is 238 g/mol. The molecule has 96 valence electrons. The number of rotatable bonds is 5. The van der Waals surface area contributed by atoms with E-state index in [0.29, 0.717) is 12.8 Å². The van der Waals surface area contributed by atoms with Crippen LogP contribution in [-0.2, 0) is 12.8 Å². The summed E-state index contributed by atoms with van der Waals surface area (Å²) in [5.74, 6) is -0.216. The fraction of sp³-hybridized carbons (Fsp3) is 0.286. The summed E-state index contributed by atoms with van der Waals surface area (Å²) in [4.78, 5) is 0. The molecule has 0 aliphatic carbocycles. The van der Waals surface area contributed by atoms with Gasteiger partial charge in [-0.15, -0.1) is 0 Å². The smallest absolute Gasteiger partial charge is 0.126 e. The predicted octanol–water partition coefficient (Wildman–Crippen LogP) is 3.09. The molecule has 1 aromatic heterocycles. The molecule has 0 radical (unpaired) electrons. The molecule has 0 aliphatic rings. The maximum absolute atomic E-state index is 13.3. The van der Waals surface area contributed by atoms with Crippen molar-refractivity contribution in [3.63, 3.8) is 0 Å². The maximum atomic E-state index is 13.3. The Morgan fingerprint density at radius 2 is 2.06 bits per heavy atom. The van der Waals surface area contributed by atoms with Crippen LogP contribution in [0.25, 0.3) is 0 Å². The molecule has 0 bridgehead atoms. The van der Waals surface area contributed by atoms with Gasteiger partial charge in [0.1, 0.15) is 17.4 Å². The molecule has 4 heteroatoms. The molecule has 2 nitrogen and oxygen atoms in total. The van der Waals surface area contributed by atoms with E-state index in [2.05, 4.69) is 0 Å². The summed E-state index contributed by atoms with van der Waals surface area (Å²) in [5.41, 5.74) is 0.196. The summed E-state index contributed by atoms with van der Waals surface area (Å²) in [7, 11) is 0. The first kappa shape index (κ1) is 12.8. The average Bonchev–Trinajstić information content (AvgIpc) is 2.84. The highest BCUT2D eigenvalue weighted by Gasteiger charge is 2.11. The standard InChI is InChI=1S/C14H14F2O2/c15-11-3-6-14(16)10(8-11)9-12(17)4-5-13-2-1-7-18-13/h1-3,6-8,12,17H,4-5,9H2. The van der Waals surface area contributed by atoms with Crippen molar-refractivity contribution < 1.29 is 18.3 Å². The molecule has 18 heavy (non-hydrogen) atoms. The van der Waals surface area contributed by atoms with Crippen molar-refractivity contribution in [3.8, 4) is 0 Å². The monoisotopic (exact) mass is 252 g/mol. The first-order valence-electron chi connectivity index (χ1n) is 5.79. The van der Waals surface area contributed by atoms with E-state index >= 15 is 0 Å². The number of hydrogen-bond acceptors (Lipinski definition) is 2. The number of aliphatic hydroxyl groups is 1. The van der Waals surface area contributed by atoms with Crippen LogP contribution >= 0.6 is 0 Å². The molecule has 0 saturated heterocycles. The number of halogens is 2. The van der Waals surface area contributed by atoms with Crippen LogP contribution in [0.5, 0.6) is 0 Å². The normalized spacial score (nSPS) is 12.6. The van der Waals surface area contributed by atoms with Crippen LogP contribution in [-0.4, -0.2) is 11.2 Å². The lowest BCUT2D eigenvalue weighted by Crippen LogP contribution is -2.12. The van der Waals surface area contributed by atoms with Crippen molar-refractivity contribution in [2.45, 2.75) is 25.4 Å². The summed E-state index contributed by atoms with van der Waals surface area (Å²) >= 11 is 0. The number of hydrogen-bond donors (Lipinski definition) is 1. The minimum atomic E-state index is -0.716. The molecule has 2 rings (SSSR count). The summed E-state index contributed by atoms with van der Waals surface area (Å²) in [6.07, 6.45) is 1.97. The summed E-state index contributed by atoms with van der Waals surface area (Å²) in [5, 5.41) is 9.79. The number of aryl methyl sites for hydroxylation is 1. The second kappa shape index (κ2) is 5.78. The Kier molecular flexibility index (Phi) is 4.10. The van der Waals surface area contributed by atoms with Crippen LogP contribution in [0.15, 0.2) is 41.0 Å². The summed E-state index contributed by atoms with van der Waals surface area (Å²) < 4.78 is 31.4. The Labute approximate surface area is 104 Å². The molecule has 0 aliphatic heterocycles. The van der Waals surface area contributed by atoms with Gasteiger partial charge in [0, 0.05) is 12.8 Å². The van der Waals surface area contributed by atoms with Crippen molar-refractivity contribution >= 4 is 0 Å². The molecule has 0 amide bonds. The highest BCUT2D eigenvalue weighted by atomic mass is 19.1. The van der Waals surface area contributed by atoms with E-state index in [1.807, 2.05) is 6.07 Å². The zero-order valence-electron chi connectivity index (χ0n) is 9.77. The molecule has 0 spiro atoms. The van der Waals surface area contributed by atoms with Gasteiger partial charge in [0.25, 0.3) is 0 Å². The average molecular weight is 252 g/mol. The van der Waals surface area contributed by atoms with E-state index in [1.54, 1.807) is 12.3 Å². The van der Waals surface area contributed by atoms with Gasteiger partial charge in [-0.05, 0) is 42.3 Å². The van der Waals surface area contributed by atoms with E-state index in [0.717, 1.165) is 24.0 Å². The van der Waals surface area contributed by atoms with Crippen LogP contribution in [0.3, 0.4) is 0 Å². The van der Waals surface area contributed by atoms with E-state index in [-0.39, 0.29) is 12.0 Å². The van der Waals surface area contributed by atoms with Crippen molar-refractivity contribution in [1.29, 1.82) is 0 Å². The van der Waals surface area contributed by atoms with Gasteiger partial charge in [-0.1, -0.05) is 0 Å². The second-order valence-corrected chi connectivity index (χ2v) is 4.21. The van der Waals surface area contributed by atoms with Gasteiger partial charge in [-0.2, -0.15) is 0 Å². The lowest BCUT2D eigenvalue weighted by molar-refractivity contribution is 0.161. The Balaban J connectivity index is 1.90. The highest BCUT2D eigenvalue weighted by Crippen LogP contribution is 2.14. The molecule has 1 heterocycles. The number of furan rings is 1. The van der Waals surface area contributed by atoms with Gasteiger partial charge >= 0.3 is 0 Å². The molecular formula is C14H14F2O2. The predicted molar refractivity (Wildman–Crippen MR) is 63.1 cm³/mol. The van der Waals surface area contributed by atoms with Crippen molar-refractivity contribution in [2.75, 3.05) is 0 Å². The first-order chi connectivity index (χ1) is 8.65. The molecule has 2 aromatic rings. The Bertz CT molecular complexity index is 495. The quantitative estimate of drug-likeness (QED) is 0.887. The third-order valence-electron chi connectivity index (χ3n) is 2.77. The van der Waals surface area contributed by atoms with Gasteiger partial charge in [0.2, 0.25) is 0 Å². The Morgan fingerprint density at radius 3 is 2.78 bits per heavy atom. The van der Waals surface area contributed by atoms with E-state index in [4.69, 9.17) is 4.42 Å². The van der Waals surface area contributed by atoms with Crippen LogP contribution in [0, 0.1) is 11.6 Å². The van der Waals surface area contributed by atoms with Crippen LogP contribution in [0.2, 0.25) is 0 Å². The number of aliphatic hydroxyl groups excluding tert-OH is 1. The van der Waals surface area contributed by atoms with Crippen molar-refractivity contribution in [2.24, 2.45) is 0 Å². The zero-order chi connectivity index (χ0) is 13.0. The lowest BCUT2D eigenvalue weighted by Gasteiger charge is -2.10. The van der Waals surface area contributed by atoms with Gasteiger partial charge in [0.05, 0.1) is 12.4 Å². The minimum Gasteiger partial charge on any atom is -0.469 e. The van der Waals surface area contributed by atoms with Crippen LogP contribution in [0.4, 0.5) is 8.78 Å². The van der Waals surface area contributed by atoms with E-state index in [1.165, 1.54) is 0 Å². The molecule has 1 aromatic carbocycles.